The molecule has 0 atom stereocenters. The Morgan fingerprint density at radius 3 is 2.03 bits per heavy atom. The van der Waals surface area contributed by atoms with Gasteiger partial charge in [-0.05, 0) is 23.3 Å². The number of ether oxygens (including phenoxy) is 3. The molecule has 0 aliphatic heterocycles. The highest BCUT2D eigenvalue weighted by Crippen LogP contribution is 2.39. The molecule has 0 aliphatic carbocycles. The highest BCUT2D eigenvalue weighted by Gasteiger charge is 2.17. The number of methoxy groups -OCH3 is 2. The normalized spacial score (nSPS) is 10.4. The summed E-state index contributed by atoms with van der Waals surface area (Å²) in [5, 5.41) is 2.95. The second-order valence-corrected chi connectivity index (χ2v) is 7.88. The summed E-state index contributed by atoms with van der Waals surface area (Å²) in [6.45, 7) is 0.949. The van der Waals surface area contributed by atoms with Gasteiger partial charge in [-0.15, -0.1) is 0 Å². The third kappa shape index (κ3) is 6.69. The Kier molecular flexibility index (Phi) is 8.67. The third-order valence-electron chi connectivity index (χ3n) is 4.59. The minimum Gasteiger partial charge on any atom is -0.493 e. The number of hydrogen-bond donors (Lipinski definition) is 1. The molecule has 3 rings (SSSR count). The maximum atomic E-state index is 12.6. The van der Waals surface area contributed by atoms with Crippen LogP contribution in [0.1, 0.15) is 21.5 Å². The van der Waals surface area contributed by atoms with Gasteiger partial charge in [0.15, 0.2) is 11.5 Å². The Bertz CT molecular complexity index is 939. The van der Waals surface area contributed by atoms with Gasteiger partial charge in [0.2, 0.25) is 5.75 Å². The number of carbonyl (C=O) groups is 1. The van der Waals surface area contributed by atoms with E-state index in [4.69, 9.17) is 14.2 Å². The van der Waals surface area contributed by atoms with E-state index in [1.807, 2.05) is 48.5 Å². The van der Waals surface area contributed by atoms with E-state index < -0.39 is 0 Å². The average Bonchev–Trinajstić information content (AvgIpc) is 2.83. The molecule has 1 amide bonds. The van der Waals surface area contributed by atoms with Crippen molar-refractivity contribution in [2.45, 2.75) is 12.4 Å². The third-order valence-corrected chi connectivity index (χ3v) is 5.62. The highest BCUT2D eigenvalue weighted by atomic mass is 32.2. The van der Waals surface area contributed by atoms with Crippen LogP contribution in [0.4, 0.5) is 0 Å². The van der Waals surface area contributed by atoms with Crippen molar-refractivity contribution in [1.82, 2.24) is 5.32 Å². The molecule has 1 N–H and O–H groups in total. The molecule has 0 aromatic heterocycles. The van der Waals surface area contributed by atoms with Gasteiger partial charge in [0, 0.05) is 23.6 Å². The first-order chi connectivity index (χ1) is 15.2. The van der Waals surface area contributed by atoms with Crippen LogP contribution >= 0.6 is 11.8 Å². The van der Waals surface area contributed by atoms with Gasteiger partial charge < -0.3 is 19.5 Å². The lowest BCUT2D eigenvalue weighted by atomic mass is 10.1. The molecular weight excluding hydrogens is 410 g/mol. The number of hydrogen-bond acceptors (Lipinski definition) is 5. The number of rotatable bonds is 11. The highest BCUT2D eigenvalue weighted by molar-refractivity contribution is 7.98. The van der Waals surface area contributed by atoms with Crippen molar-refractivity contribution in [3.63, 3.8) is 0 Å². The largest absolute Gasteiger partial charge is 0.493 e. The molecule has 31 heavy (non-hydrogen) atoms. The number of benzene rings is 3. The lowest BCUT2D eigenvalue weighted by Gasteiger charge is -2.16. The minimum atomic E-state index is -0.175. The van der Waals surface area contributed by atoms with Crippen LogP contribution in [-0.4, -0.2) is 32.4 Å². The number of nitrogens with one attached hydrogen (secondary N) is 1. The van der Waals surface area contributed by atoms with Crippen molar-refractivity contribution in [2.75, 3.05) is 26.5 Å². The summed E-state index contributed by atoms with van der Waals surface area (Å²) in [7, 11) is 3.10. The Morgan fingerprint density at radius 2 is 1.45 bits per heavy atom. The summed E-state index contributed by atoms with van der Waals surface area (Å²) in [6.07, 6.45) is 0. The summed E-state index contributed by atoms with van der Waals surface area (Å²) in [6, 6.07) is 23.5. The maximum Gasteiger partial charge on any atom is 0.251 e. The van der Waals surface area contributed by atoms with Crippen LogP contribution in [0.2, 0.25) is 0 Å². The van der Waals surface area contributed by atoms with Gasteiger partial charge >= 0.3 is 0 Å². The van der Waals surface area contributed by atoms with E-state index in [2.05, 4.69) is 17.4 Å². The molecule has 0 fully saturated rings. The van der Waals surface area contributed by atoms with E-state index in [9.17, 15) is 4.79 Å². The van der Waals surface area contributed by atoms with Crippen molar-refractivity contribution < 1.29 is 19.0 Å². The van der Waals surface area contributed by atoms with E-state index in [-0.39, 0.29) is 5.91 Å². The zero-order chi connectivity index (χ0) is 21.9. The standard InChI is InChI=1S/C25H27NO4S/c1-28-22-15-21(25(27)26-13-14-31-18-20-11-7-4-8-12-20)16-23(29-2)24(22)30-17-19-9-5-3-6-10-19/h3-12,15-16H,13-14,17-18H2,1-2H3,(H,26,27). The van der Waals surface area contributed by atoms with Crippen LogP contribution in [0, 0.1) is 0 Å². The van der Waals surface area contributed by atoms with E-state index in [1.54, 1.807) is 38.1 Å². The molecule has 5 nitrogen and oxygen atoms in total. The summed E-state index contributed by atoms with van der Waals surface area (Å²) < 4.78 is 16.9. The zero-order valence-corrected chi connectivity index (χ0v) is 18.6. The molecule has 0 bridgehead atoms. The first kappa shape index (κ1) is 22.6. The fourth-order valence-electron chi connectivity index (χ4n) is 2.99. The van der Waals surface area contributed by atoms with Gasteiger partial charge in [0.25, 0.3) is 5.91 Å². The van der Waals surface area contributed by atoms with Crippen molar-refractivity contribution in [3.8, 4) is 17.2 Å². The Balaban J connectivity index is 1.58. The van der Waals surface area contributed by atoms with Crippen LogP contribution in [0.25, 0.3) is 0 Å². The molecule has 6 heteroatoms. The van der Waals surface area contributed by atoms with E-state index in [0.29, 0.717) is 36.0 Å². The van der Waals surface area contributed by atoms with Gasteiger partial charge in [0.1, 0.15) is 6.61 Å². The summed E-state index contributed by atoms with van der Waals surface area (Å²) in [5.74, 6) is 2.96. The predicted octanol–water partition coefficient (Wildman–Crippen LogP) is 4.95. The second-order valence-electron chi connectivity index (χ2n) is 6.78. The summed E-state index contributed by atoms with van der Waals surface area (Å²) >= 11 is 1.78. The molecule has 0 aliphatic rings. The van der Waals surface area contributed by atoms with Crippen LogP contribution in [0.3, 0.4) is 0 Å². The Morgan fingerprint density at radius 1 is 0.871 bits per heavy atom. The fourth-order valence-corrected chi connectivity index (χ4v) is 3.80. The molecule has 3 aromatic carbocycles. The molecule has 0 unspecified atom stereocenters. The predicted molar refractivity (Wildman–Crippen MR) is 125 cm³/mol. The van der Waals surface area contributed by atoms with Crippen molar-refractivity contribution >= 4 is 17.7 Å². The molecule has 0 heterocycles. The van der Waals surface area contributed by atoms with Crippen LogP contribution in [0.15, 0.2) is 72.8 Å². The number of carbonyl (C=O) groups excluding carboxylic acids is 1. The van der Waals surface area contributed by atoms with E-state index in [1.165, 1.54) is 5.56 Å². The molecule has 0 radical (unpaired) electrons. The minimum absolute atomic E-state index is 0.175. The quantitative estimate of drug-likeness (QED) is 0.430. The smallest absolute Gasteiger partial charge is 0.251 e. The topological polar surface area (TPSA) is 56.8 Å². The molecule has 3 aromatic rings. The second kappa shape index (κ2) is 11.9. The average molecular weight is 438 g/mol. The molecule has 0 saturated heterocycles. The van der Waals surface area contributed by atoms with E-state index in [0.717, 1.165) is 17.1 Å². The van der Waals surface area contributed by atoms with Crippen molar-refractivity contribution in [3.05, 3.63) is 89.5 Å². The van der Waals surface area contributed by atoms with Gasteiger partial charge in [0.05, 0.1) is 14.2 Å². The molecule has 0 saturated carbocycles. The Hall–Kier alpha value is -3.12. The SMILES string of the molecule is COc1cc(C(=O)NCCSCc2ccccc2)cc(OC)c1OCc1ccccc1. The number of thioether (sulfide) groups is 1. The van der Waals surface area contributed by atoms with Gasteiger partial charge in [-0.25, -0.2) is 0 Å². The summed E-state index contributed by atoms with van der Waals surface area (Å²) in [5.41, 5.74) is 2.77. The lowest BCUT2D eigenvalue weighted by Crippen LogP contribution is -2.25. The van der Waals surface area contributed by atoms with Crippen LogP contribution in [0.5, 0.6) is 17.2 Å². The van der Waals surface area contributed by atoms with Crippen molar-refractivity contribution in [2.24, 2.45) is 0 Å². The molecule has 0 spiro atoms. The first-order valence-electron chi connectivity index (χ1n) is 10.0. The molecular formula is C25H27NO4S. The first-order valence-corrected chi connectivity index (χ1v) is 11.2. The lowest BCUT2D eigenvalue weighted by molar-refractivity contribution is 0.0955. The Labute approximate surface area is 187 Å². The van der Waals surface area contributed by atoms with Gasteiger partial charge in [-0.3, -0.25) is 4.79 Å². The van der Waals surface area contributed by atoms with E-state index >= 15 is 0 Å². The fraction of sp³-hybridized carbons (Fsp3) is 0.240. The maximum absolute atomic E-state index is 12.6. The van der Waals surface area contributed by atoms with Crippen molar-refractivity contribution in [1.29, 1.82) is 0 Å². The van der Waals surface area contributed by atoms with Crippen LogP contribution in [-0.2, 0) is 12.4 Å². The van der Waals surface area contributed by atoms with Gasteiger partial charge in [-0.1, -0.05) is 60.7 Å². The van der Waals surface area contributed by atoms with Gasteiger partial charge in [-0.2, -0.15) is 11.8 Å². The zero-order valence-electron chi connectivity index (χ0n) is 17.8. The number of amides is 1. The summed E-state index contributed by atoms with van der Waals surface area (Å²) in [4.78, 5) is 12.6. The molecule has 162 valence electrons. The van der Waals surface area contributed by atoms with Crippen LogP contribution < -0.4 is 19.5 Å². The monoisotopic (exact) mass is 437 g/mol.